The molecule has 2 aromatic rings. The minimum Gasteiger partial charge on any atom is -0.481 e. The van der Waals surface area contributed by atoms with Crippen molar-refractivity contribution in [2.75, 3.05) is 13.7 Å². The Labute approximate surface area is 126 Å². The van der Waals surface area contributed by atoms with Gasteiger partial charge in [0.15, 0.2) is 4.77 Å². The van der Waals surface area contributed by atoms with E-state index in [-0.39, 0.29) is 5.82 Å². The summed E-state index contributed by atoms with van der Waals surface area (Å²) in [6.07, 6.45) is 3.84. The van der Waals surface area contributed by atoms with Gasteiger partial charge in [0.05, 0.1) is 13.3 Å². The number of nitrogens with one attached hydrogen (secondary N) is 1. The number of halogens is 1. The quantitative estimate of drug-likeness (QED) is 0.881. The summed E-state index contributed by atoms with van der Waals surface area (Å²) in [5.74, 6) is 0.113. The van der Waals surface area contributed by atoms with Crippen LogP contribution in [-0.2, 0) is 19.5 Å². The normalized spacial score (nSPS) is 14.8. The molecule has 110 valence electrons. The number of rotatable bonds is 3. The Hall–Kier alpha value is -1.86. The maximum atomic E-state index is 13.4. The minimum atomic E-state index is -0.353. The van der Waals surface area contributed by atoms with Crippen molar-refractivity contribution in [3.05, 3.63) is 45.9 Å². The van der Waals surface area contributed by atoms with Gasteiger partial charge in [-0.25, -0.2) is 14.4 Å². The number of aromatic nitrogens is 3. The molecule has 0 radical (unpaired) electrons. The second kappa shape index (κ2) is 5.87. The third kappa shape index (κ3) is 3.08. The average Bonchev–Trinajstić information content (AvgIpc) is 2.48. The number of hydrogen-bond acceptors (Lipinski definition) is 5. The zero-order valence-corrected chi connectivity index (χ0v) is 12.4. The van der Waals surface area contributed by atoms with Crippen molar-refractivity contribution >= 4 is 12.2 Å². The van der Waals surface area contributed by atoms with E-state index in [9.17, 15) is 4.39 Å². The monoisotopic (exact) mass is 306 g/mol. The molecule has 0 spiro atoms. The Balaban J connectivity index is 1.80. The van der Waals surface area contributed by atoms with Gasteiger partial charge in [0.1, 0.15) is 5.82 Å². The summed E-state index contributed by atoms with van der Waals surface area (Å²) >= 11 is 5.03. The van der Waals surface area contributed by atoms with Crippen LogP contribution in [0.2, 0.25) is 0 Å². The maximum absolute atomic E-state index is 13.4. The molecule has 2 aromatic heterocycles. The van der Waals surface area contributed by atoms with Gasteiger partial charge in [0.2, 0.25) is 5.88 Å². The van der Waals surface area contributed by atoms with Crippen molar-refractivity contribution in [2.24, 2.45) is 0 Å². The molecule has 0 atom stereocenters. The Morgan fingerprint density at radius 1 is 1.43 bits per heavy atom. The van der Waals surface area contributed by atoms with Crippen molar-refractivity contribution in [2.45, 2.75) is 19.5 Å². The van der Waals surface area contributed by atoms with Gasteiger partial charge in [0, 0.05) is 49.1 Å². The maximum Gasteiger partial charge on any atom is 0.217 e. The number of hydrogen-bond donors (Lipinski definition) is 1. The summed E-state index contributed by atoms with van der Waals surface area (Å²) in [7, 11) is 1.54. The molecule has 0 unspecified atom stereocenters. The van der Waals surface area contributed by atoms with E-state index in [1.54, 1.807) is 13.3 Å². The molecule has 3 heterocycles. The summed E-state index contributed by atoms with van der Waals surface area (Å²) in [4.78, 5) is 13.4. The number of ether oxygens (including phenoxy) is 1. The van der Waals surface area contributed by atoms with E-state index >= 15 is 0 Å². The Morgan fingerprint density at radius 3 is 3.10 bits per heavy atom. The van der Waals surface area contributed by atoms with Crippen molar-refractivity contribution in [3.63, 3.8) is 0 Å². The lowest BCUT2D eigenvalue weighted by molar-refractivity contribution is 0.237. The standard InChI is InChI=1S/C14H15FN4OS/c1-20-13-9(4-11(15)6-16-13)7-19-3-2-12-10(8-19)5-17-14(21)18-12/h4-6H,2-3,7-8H2,1H3,(H,17,18,21). The highest BCUT2D eigenvalue weighted by Crippen LogP contribution is 2.22. The van der Waals surface area contributed by atoms with E-state index < -0.39 is 0 Å². The molecule has 1 aliphatic heterocycles. The zero-order valence-electron chi connectivity index (χ0n) is 11.6. The zero-order chi connectivity index (χ0) is 14.8. The highest BCUT2D eigenvalue weighted by molar-refractivity contribution is 7.71. The number of H-pyrrole nitrogens is 1. The average molecular weight is 306 g/mol. The van der Waals surface area contributed by atoms with Crippen LogP contribution < -0.4 is 4.74 Å². The van der Waals surface area contributed by atoms with E-state index in [1.165, 1.54) is 6.07 Å². The molecule has 21 heavy (non-hydrogen) atoms. The molecule has 0 bridgehead atoms. The topological polar surface area (TPSA) is 54.0 Å². The highest BCUT2D eigenvalue weighted by Gasteiger charge is 2.19. The minimum absolute atomic E-state index is 0.353. The highest BCUT2D eigenvalue weighted by atomic mass is 32.1. The van der Waals surface area contributed by atoms with Crippen LogP contribution in [0.3, 0.4) is 0 Å². The fourth-order valence-electron chi connectivity index (χ4n) is 2.55. The molecule has 3 rings (SSSR count). The molecular formula is C14H15FN4OS. The number of methoxy groups -OCH3 is 1. The van der Waals surface area contributed by atoms with Crippen LogP contribution in [0.15, 0.2) is 18.5 Å². The summed E-state index contributed by atoms with van der Waals surface area (Å²) in [5, 5.41) is 0. The molecule has 1 N–H and O–H groups in total. The van der Waals surface area contributed by atoms with Gasteiger partial charge in [-0.15, -0.1) is 0 Å². The van der Waals surface area contributed by atoms with Crippen LogP contribution in [0.1, 0.15) is 16.8 Å². The largest absolute Gasteiger partial charge is 0.481 e. The van der Waals surface area contributed by atoms with Gasteiger partial charge in [-0.1, -0.05) is 0 Å². The van der Waals surface area contributed by atoms with Crippen LogP contribution in [0.25, 0.3) is 0 Å². The lowest BCUT2D eigenvalue weighted by Gasteiger charge is -2.28. The number of aromatic amines is 1. The van der Waals surface area contributed by atoms with Crippen LogP contribution in [-0.4, -0.2) is 33.5 Å². The first-order valence-electron chi connectivity index (χ1n) is 6.63. The number of nitrogens with zero attached hydrogens (tertiary/aromatic N) is 3. The van der Waals surface area contributed by atoms with Crippen molar-refractivity contribution < 1.29 is 9.13 Å². The first-order chi connectivity index (χ1) is 10.2. The molecule has 0 saturated heterocycles. The predicted octanol–water partition coefficient (Wildman–Crippen LogP) is 2.24. The number of fused-ring (bicyclic) bond motifs is 1. The van der Waals surface area contributed by atoms with Gasteiger partial charge in [-0.05, 0) is 18.3 Å². The predicted molar refractivity (Wildman–Crippen MR) is 78.0 cm³/mol. The molecule has 0 aliphatic carbocycles. The summed E-state index contributed by atoms with van der Waals surface area (Å²) in [6, 6.07) is 1.47. The lowest BCUT2D eigenvalue weighted by atomic mass is 10.1. The molecule has 5 nitrogen and oxygen atoms in total. The van der Waals surface area contributed by atoms with Gasteiger partial charge < -0.3 is 9.72 Å². The molecule has 1 aliphatic rings. The second-order valence-electron chi connectivity index (χ2n) is 4.97. The van der Waals surface area contributed by atoms with E-state index in [1.807, 2.05) is 0 Å². The SMILES string of the molecule is COc1ncc(F)cc1CN1CCc2[nH]c(=S)ncc2C1. The van der Waals surface area contributed by atoms with Crippen LogP contribution in [0, 0.1) is 10.6 Å². The fourth-order valence-corrected chi connectivity index (χ4v) is 2.72. The van der Waals surface area contributed by atoms with Gasteiger partial charge in [-0.2, -0.15) is 0 Å². The summed E-state index contributed by atoms with van der Waals surface area (Å²) in [6.45, 7) is 2.19. The Bertz CT molecular complexity index is 718. The van der Waals surface area contributed by atoms with Crippen molar-refractivity contribution in [3.8, 4) is 5.88 Å². The smallest absolute Gasteiger partial charge is 0.217 e. The van der Waals surface area contributed by atoms with E-state index in [4.69, 9.17) is 17.0 Å². The van der Waals surface area contributed by atoms with E-state index in [0.717, 1.165) is 42.5 Å². The van der Waals surface area contributed by atoms with Gasteiger partial charge in [-0.3, -0.25) is 4.90 Å². The molecular weight excluding hydrogens is 291 g/mol. The molecule has 0 amide bonds. The van der Waals surface area contributed by atoms with Gasteiger partial charge in [0.25, 0.3) is 0 Å². The van der Waals surface area contributed by atoms with Crippen LogP contribution in [0.4, 0.5) is 4.39 Å². The van der Waals surface area contributed by atoms with Crippen LogP contribution in [0.5, 0.6) is 5.88 Å². The van der Waals surface area contributed by atoms with Crippen LogP contribution >= 0.6 is 12.2 Å². The third-order valence-corrected chi connectivity index (χ3v) is 3.74. The second-order valence-corrected chi connectivity index (χ2v) is 5.36. The summed E-state index contributed by atoms with van der Waals surface area (Å²) in [5.41, 5.74) is 3.01. The van der Waals surface area contributed by atoms with Gasteiger partial charge >= 0.3 is 0 Å². The fraction of sp³-hybridized carbons (Fsp3) is 0.357. The van der Waals surface area contributed by atoms with Crippen molar-refractivity contribution in [1.82, 2.24) is 19.9 Å². The third-order valence-electron chi connectivity index (χ3n) is 3.53. The Morgan fingerprint density at radius 2 is 2.29 bits per heavy atom. The lowest BCUT2D eigenvalue weighted by Crippen LogP contribution is -2.31. The first-order valence-corrected chi connectivity index (χ1v) is 7.04. The number of pyridine rings is 1. The molecule has 0 saturated carbocycles. The Kier molecular flexibility index (Phi) is 3.94. The molecule has 7 heteroatoms. The van der Waals surface area contributed by atoms with E-state index in [2.05, 4.69) is 19.9 Å². The summed E-state index contributed by atoms with van der Waals surface area (Å²) < 4.78 is 19.1. The van der Waals surface area contributed by atoms with Crippen molar-refractivity contribution in [1.29, 1.82) is 0 Å². The molecule has 0 aromatic carbocycles. The van der Waals surface area contributed by atoms with E-state index in [0.29, 0.717) is 17.2 Å². The first kappa shape index (κ1) is 14.1. The molecule has 0 fully saturated rings.